The van der Waals surface area contributed by atoms with Gasteiger partial charge < -0.3 is 11.1 Å². The van der Waals surface area contributed by atoms with Gasteiger partial charge in [-0.15, -0.1) is 12.6 Å². The summed E-state index contributed by atoms with van der Waals surface area (Å²) in [6, 6.07) is 6.11. The third kappa shape index (κ3) is 3.13. The van der Waals surface area contributed by atoms with Gasteiger partial charge in [0.05, 0.1) is 5.69 Å². The van der Waals surface area contributed by atoms with E-state index in [1.807, 2.05) is 0 Å². The van der Waals surface area contributed by atoms with E-state index in [1.54, 1.807) is 12.1 Å². The second-order valence-electron chi connectivity index (χ2n) is 4.18. The highest BCUT2D eigenvalue weighted by atomic mass is 32.1. The molecular formula is C14H12F3N3S. The lowest BCUT2D eigenvalue weighted by Crippen LogP contribution is -2.22. The van der Waals surface area contributed by atoms with Crippen molar-refractivity contribution in [1.82, 2.24) is 0 Å². The number of nitrogens with zero attached hydrogens (tertiary/aromatic N) is 1. The van der Waals surface area contributed by atoms with E-state index in [-0.39, 0.29) is 17.1 Å². The maximum absolute atomic E-state index is 13.9. The summed E-state index contributed by atoms with van der Waals surface area (Å²) in [5, 5.41) is 2.73. The normalized spacial score (nSPS) is 11.6. The number of para-hydroxylation sites is 1. The molecule has 2 rings (SSSR count). The average molecular weight is 311 g/mol. The van der Waals surface area contributed by atoms with Crippen molar-refractivity contribution >= 4 is 24.3 Å². The van der Waals surface area contributed by atoms with Gasteiger partial charge in [-0.3, -0.25) is 4.99 Å². The third-order valence-electron chi connectivity index (χ3n) is 2.82. The van der Waals surface area contributed by atoms with Crippen LogP contribution < -0.4 is 11.1 Å². The van der Waals surface area contributed by atoms with Gasteiger partial charge in [0.1, 0.15) is 5.82 Å². The van der Waals surface area contributed by atoms with E-state index in [9.17, 15) is 13.2 Å². The number of rotatable bonds is 2. The van der Waals surface area contributed by atoms with Crippen LogP contribution in [0.5, 0.6) is 0 Å². The molecule has 0 saturated heterocycles. The quantitative estimate of drug-likeness (QED) is 0.344. The van der Waals surface area contributed by atoms with Crippen molar-refractivity contribution in [2.75, 3.05) is 12.4 Å². The molecule has 7 heteroatoms. The number of halogens is 3. The number of nitrogens with two attached hydrogens (primary N) is 1. The van der Waals surface area contributed by atoms with E-state index in [1.165, 1.54) is 13.1 Å². The Morgan fingerprint density at radius 2 is 1.90 bits per heavy atom. The first-order chi connectivity index (χ1) is 9.93. The van der Waals surface area contributed by atoms with Crippen LogP contribution in [0.1, 0.15) is 0 Å². The molecule has 0 radical (unpaired) electrons. The number of thiol groups is 1. The monoisotopic (exact) mass is 311 g/mol. The first-order valence-electron chi connectivity index (χ1n) is 5.90. The maximum atomic E-state index is 13.9. The summed E-state index contributed by atoms with van der Waals surface area (Å²) in [6.45, 7) is 0. The third-order valence-corrected chi connectivity index (χ3v) is 3.19. The number of hydrogen-bond donors (Lipinski definition) is 3. The highest BCUT2D eigenvalue weighted by Gasteiger charge is 2.17. The Kier molecular flexibility index (Phi) is 4.42. The van der Waals surface area contributed by atoms with E-state index in [4.69, 9.17) is 5.73 Å². The van der Waals surface area contributed by atoms with Gasteiger partial charge in [-0.1, -0.05) is 12.1 Å². The summed E-state index contributed by atoms with van der Waals surface area (Å²) in [7, 11) is 1.46. The highest BCUT2D eigenvalue weighted by molar-refractivity contribution is 7.80. The van der Waals surface area contributed by atoms with Gasteiger partial charge in [0, 0.05) is 29.1 Å². The minimum absolute atomic E-state index is 0.0648. The van der Waals surface area contributed by atoms with Crippen LogP contribution in [-0.4, -0.2) is 13.0 Å². The van der Waals surface area contributed by atoms with E-state index in [0.29, 0.717) is 16.6 Å². The number of benzene rings is 2. The van der Waals surface area contributed by atoms with Gasteiger partial charge in [0.2, 0.25) is 0 Å². The molecule has 3 nitrogen and oxygen atoms in total. The topological polar surface area (TPSA) is 50.4 Å². The molecule has 0 aliphatic carbocycles. The maximum Gasteiger partial charge on any atom is 0.192 e. The molecule has 0 spiro atoms. The van der Waals surface area contributed by atoms with Crippen LogP contribution in [0.15, 0.2) is 40.2 Å². The lowest BCUT2D eigenvalue weighted by molar-refractivity contribution is 0.497. The van der Waals surface area contributed by atoms with Crippen LogP contribution in [0, 0.1) is 17.5 Å². The van der Waals surface area contributed by atoms with Crippen LogP contribution >= 0.6 is 12.6 Å². The van der Waals surface area contributed by atoms with Crippen LogP contribution in [0.4, 0.5) is 18.9 Å². The molecule has 0 fully saturated rings. The summed E-state index contributed by atoms with van der Waals surface area (Å²) in [4.78, 5) is 4.16. The fraction of sp³-hybridized carbons (Fsp3) is 0.0714. The van der Waals surface area contributed by atoms with Gasteiger partial charge in [-0.05, 0) is 12.1 Å². The molecule has 0 bridgehead atoms. The predicted molar refractivity (Wildman–Crippen MR) is 80.2 cm³/mol. The SMILES string of the molecule is CN=C(N)Nc1c(S)cccc1-c1cc(F)cc(F)c1F. The Bertz CT molecular complexity index is 717. The van der Waals surface area contributed by atoms with Crippen molar-refractivity contribution in [3.05, 3.63) is 47.8 Å². The van der Waals surface area contributed by atoms with Crippen LogP contribution in [0.3, 0.4) is 0 Å². The molecule has 0 unspecified atom stereocenters. The van der Waals surface area contributed by atoms with Crippen molar-refractivity contribution in [1.29, 1.82) is 0 Å². The summed E-state index contributed by atoms with van der Waals surface area (Å²) in [6.07, 6.45) is 0. The molecule has 0 aromatic heterocycles. The molecule has 0 heterocycles. The fourth-order valence-corrected chi connectivity index (χ4v) is 2.09. The van der Waals surface area contributed by atoms with E-state index in [0.717, 1.165) is 6.07 Å². The molecule has 0 saturated carbocycles. The molecule has 110 valence electrons. The zero-order valence-electron chi connectivity index (χ0n) is 11.0. The number of aliphatic imine (C=N–C) groups is 1. The molecule has 2 aromatic rings. The molecule has 2 aromatic carbocycles. The Morgan fingerprint density at radius 3 is 2.57 bits per heavy atom. The van der Waals surface area contributed by atoms with Gasteiger partial charge in [0.25, 0.3) is 0 Å². The second-order valence-corrected chi connectivity index (χ2v) is 4.66. The van der Waals surface area contributed by atoms with Crippen LogP contribution in [0.2, 0.25) is 0 Å². The van der Waals surface area contributed by atoms with Gasteiger partial charge in [-0.25, -0.2) is 13.2 Å². The van der Waals surface area contributed by atoms with E-state index < -0.39 is 17.5 Å². The smallest absolute Gasteiger partial charge is 0.192 e. The standard InChI is InChI=1S/C14H12F3N3S/c1-19-14(18)20-13-8(3-2-4-11(13)21)9-5-7(15)6-10(16)12(9)17/h2-6,21H,1H3,(H3,18,19,20). The minimum Gasteiger partial charge on any atom is -0.370 e. The van der Waals surface area contributed by atoms with Crippen molar-refractivity contribution in [2.45, 2.75) is 4.90 Å². The van der Waals surface area contributed by atoms with Crippen molar-refractivity contribution < 1.29 is 13.2 Å². The van der Waals surface area contributed by atoms with E-state index in [2.05, 4.69) is 22.9 Å². The molecule has 3 N–H and O–H groups in total. The molecule has 0 atom stereocenters. The van der Waals surface area contributed by atoms with Gasteiger partial charge in [0.15, 0.2) is 17.6 Å². The first-order valence-corrected chi connectivity index (χ1v) is 6.35. The summed E-state index contributed by atoms with van der Waals surface area (Å²) in [5.74, 6) is -3.23. The minimum atomic E-state index is -1.27. The zero-order valence-corrected chi connectivity index (χ0v) is 11.9. The van der Waals surface area contributed by atoms with Crippen LogP contribution in [-0.2, 0) is 0 Å². The number of hydrogen-bond acceptors (Lipinski definition) is 2. The molecule has 21 heavy (non-hydrogen) atoms. The van der Waals surface area contributed by atoms with E-state index >= 15 is 0 Å². The second kappa shape index (κ2) is 6.09. The summed E-state index contributed by atoms with van der Waals surface area (Å²) in [5.41, 5.74) is 5.89. The lowest BCUT2D eigenvalue weighted by atomic mass is 10.0. The van der Waals surface area contributed by atoms with Crippen molar-refractivity contribution in [2.24, 2.45) is 10.7 Å². The average Bonchev–Trinajstić information content (AvgIpc) is 2.45. The van der Waals surface area contributed by atoms with Crippen molar-refractivity contribution in [3.8, 4) is 11.1 Å². The van der Waals surface area contributed by atoms with Gasteiger partial charge >= 0.3 is 0 Å². The number of guanidine groups is 1. The Hall–Kier alpha value is -2.15. The van der Waals surface area contributed by atoms with Gasteiger partial charge in [-0.2, -0.15) is 0 Å². The summed E-state index contributed by atoms with van der Waals surface area (Å²) >= 11 is 4.23. The Morgan fingerprint density at radius 1 is 1.19 bits per heavy atom. The highest BCUT2D eigenvalue weighted by Crippen LogP contribution is 2.35. The molecule has 0 aliphatic heterocycles. The number of nitrogens with one attached hydrogen (secondary N) is 1. The van der Waals surface area contributed by atoms with Crippen LogP contribution in [0.25, 0.3) is 11.1 Å². The predicted octanol–water partition coefficient (Wildman–Crippen LogP) is 3.42. The molecule has 0 aliphatic rings. The summed E-state index contributed by atoms with van der Waals surface area (Å²) < 4.78 is 40.7. The Labute approximate surface area is 125 Å². The zero-order chi connectivity index (χ0) is 15.6. The lowest BCUT2D eigenvalue weighted by Gasteiger charge is -2.14. The number of anilines is 1. The van der Waals surface area contributed by atoms with Crippen molar-refractivity contribution in [3.63, 3.8) is 0 Å². The molecule has 0 amide bonds. The fourth-order valence-electron chi connectivity index (χ4n) is 1.83. The largest absolute Gasteiger partial charge is 0.370 e. The molecular weight excluding hydrogens is 299 g/mol. The Balaban J connectivity index is 2.67. The first kappa shape index (κ1) is 15.2.